The zero-order chi connectivity index (χ0) is 23.4. The van der Waals surface area contributed by atoms with Crippen molar-refractivity contribution in [3.63, 3.8) is 0 Å². The Morgan fingerprint density at radius 1 is 1.28 bits per heavy atom. The monoisotopic (exact) mass is 443 g/mol. The SMILES string of the molecule is COc1nc2c(cc1NC(F)Cc1ccccc1)c(=O)c(C(=O)O)cn2C(CO)C(C)C. The first-order valence-electron chi connectivity index (χ1n) is 10.2. The Morgan fingerprint density at radius 3 is 2.53 bits per heavy atom. The van der Waals surface area contributed by atoms with Crippen LogP contribution in [0.2, 0.25) is 0 Å². The van der Waals surface area contributed by atoms with Crippen molar-refractivity contribution in [3.05, 3.63) is 63.9 Å². The topological polar surface area (TPSA) is 114 Å². The minimum absolute atomic E-state index is 0.0146. The third-order valence-electron chi connectivity index (χ3n) is 5.28. The second kappa shape index (κ2) is 9.78. The molecule has 1 aromatic carbocycles. The van der Waals surface area contributed by atoms with Gasteiger partial charge >= 0.3 is 5.97 Å². The van der Waals surface area contributed by atoms with Crippen LogP contribution in [0.15, 0.2) is 47.4 Å². The van der Waals surface area contributed by atoms with Crippen LogP contribution >= 0.6 is 0 Å². The number of methoxy groups -OCH3 is 1. The fraction of sp³-hybridized carbons (Fsp3) is 0.348. The number of carboxylic acids is 1. The summed E-state index contributed by atoms with van der Waals surface area (Å²) in [5, 5.41) is 22.1. The first kappa shape index (κ1) is 23.2. The van der Waals surface area contributed by atoms with E-state index in [2.05, 4.69) is 10.3 Å². The summed E-state index contributed by atoms with van der Waals surface area (Å²) < 4.78 is 21.5. The van der Waals surface area contributed by atoms with E-state index < -0.39 is 29.3 Å². The van der Waals surface area contributed by atoms with Gasteiger partial charge in [0.25, 0.3) is 0 Å². The lowest BCUT2D eigenvalue weighted by Crippen LogP contribution is -2.26. The maximum absolute atomic E-state index is 14.8. The molecule has 8 nitrogen and oxygen atoms in total. The molecular weight excluding hydrogens is 417 g/mol. The molecule has 32 heavy (non-hydrogen) atoms. The molecule has 0 amide bonds. The van der Waals surface area contributed by atoms with Gasteiger partial charge in [0.1, 0.15) is 16.9 Å². The van der Waals surface area contributed by atoms with E-state index in [4.69, 9.17) is 4.74 Å². The number of nitrogens with one attached hydrogen (secondary N) is 1. The second-order valence-corrected chi connectivity index (χ2v) is 7.80. The first-order chi connectivity index (χ1) is 15.3. The lowest BCUT2D eigenvalue weighted by Gasteiger charge is -2.24. The maximum atomic E-state index is 14.8. The number of halogens is 1. The number of fused-ring (bicyclic) bond motifs is 1. The Labute approximate surface area is 184 Å². The number of hydrogen-bond donors (Lipinski definition) is 3. The molecule has 0 fully saturated rings. The van der Waals surface area contributed by atoms with Crippen LogP contribution in [0.5, 0.6) is 5.88 Å². The Balaban J connectivity index is 2.14. The number of alkyl halides is 1. The van der Waals surface area contributed by atoms with Crippen molar-refractivity contribution >= 4 is 22.7 Å². The van der Waals surface area contributed by atoms with E-state index in [0.29, 0.717) is 0 Å². The van der Waals surface area contributed by atoms with Crippen molar-refractivity contribution in [3.8, 4) is 5.88 Å². The number of aromatic carboxylic acids is 1. The average molecular weight is 443 g/mol. The van der Waals surface area contributed by atoms with Gasteiger partial charge in [0.05, 0.1) is 25.1 Å². The molecule has 0 radical (unpaired) electrons. The summed E-state index contributed by atoms with van der Waals surface area (Å²) in [6, 6.07) is 9.86. The molecule has 0 saturated carbocycles. The van der Waals surface area contributed by atoms with Crippen LogP contribution in [0.1, 0.15) is 35.8 Å². The summed E-state index contributed by atoms with van der Waals surface area (Å²) in [6.45, 7) is 3.42. The van der Waals surface area contributed by atoms with E-state index in [1.165, 1.54) is 23.9 Å². The van der Waals surface area contributed by atoms with Gasteiger partial charge in [0.15, 0.2) is 6.30 Å². The zero-order valence-electron chi connectivity index (χ0n) is 18.1. The Morgan fingerprint density at radius 2 is 1.97 bits per heavy atom. The third-order valence-corrected chi connectivity index (χ3v) is 5.28. The molecule has 0 aliphatic heterocycles. The third kappa shape index (κ3) is 4.72. The van der Waals surface area contributed by atoms with E-state index >= 15 is 0 Å². The fourth-order valence-corrected chi connectivity index (χ4v) is 3.58. The number of aliphatic hydroxyl groups excluding tert-OH is 1. The van der Waals surface area contributed by atoms with E-state index in [-0.39, 0.29) is 41.5 Å². The van der Waals surface area contributed by atoms with Crippen molar-refractivity contribution in [2.75, 3.05) is 19.0 Å². The number of ether oxygens (including phenoxy) is 1. The largest absolute Gasteiger partial charge is 0.479 e. The molecule has 9 heteroatoms. The molecule has 3 aromatic rings. The molecule has 2 unspecified atom stereocenters. The average Bonchev–Trinajstić information content (AvgIpc) is 2.75. The van der Waals surface area contributed by atoms with Gasteiger partial charge in [-0.15, -0.1) is 0 Å². The predicted molar refractivity (Wildman–Crippen MR) is 119 cm³/mol. The molecule has 2 aromatic heterocycles. The number of benzene rings is 1. The highest BCUT2D eigenvalue weighted by Crippen LogP contribution is 2.30. The Kier molecular flexibility index (Phi) is 7.09. The van der Waals surface area contributed by atoms with Crippen LogP contribution in [0.25, 0.3) is 11.0 Å². The van der Waals surface area contributed by atoms with Crippen LogP contribution in [0, 0.1) is 5.92 Å². The van der Waals surface area contributed by atoms with Crippen LogP contribution in [-0.4, -0.2) is 45.7 Å². The molecule has 3 N–H and O–H groups in total. The number of carboxylic acid groups (broad SMARTS) is 1. The Hall–Kier alpha value is -3.46. The highest BCUT2D eigenvalue weighted by Gasteiger charge is 2.24. The zero-order valence-corrected chi connectivity index (χ0v) is 18.1. The lowest BCUT2D eigenvalue weighted by atomic mass is 10.0. The van der Waals surface area contributed by atoms with Crippen LogP contribution in [0.3, 0.4) is 0 Å². The highest BCUT2D eigenvalue weighted by atomic mass is 19.1. The van der Waals surface area contributed by atoms with Gasteiger partial charge in [-0.3, -0.25) is 4.79 Å². The highest BCUT2D eigenvalue weighted by molar-refractivity contribution is 5.93. The smallest absolute Gasteiger partial charge is 0.341 e. The predicted octanol–water partition coefficient (Wildman–Crippen LogP) is 3.24. The fourth-order valence-electron chi connectivity index (χ4n) is 3.58. The number of pyridine rings is 2. The number of rotatable bonds is 9. The molecule has 0 spiro atoms. The number of aliphatic hydroxyl groups is 1. The number of anilines is 1. The summed E-state index contributed by atoms with van der Waals surface area (Å²) in [5.74, 6) is -1.44. The van der Waals surface area contributed by atoms with Crippen molar-refractivity contribution in [2.24, 2.45) is 5.92 Å². The summed E-state index contributed by atoms with van der Waals surface area (Å²) in [7, 11) is 1.36. The Bertz CT molecular complexity index is 1160. The second-order valence-electron chi connectivity index (χ2n) is 7.80. The quantitative estimate of drug-likeness (QED) is 0.435. The van der Waals surface area contributed by atoms with Gasteiger partial charge in [0, 0.05) is 12.6 Å². The number of hydrogen-bond acceptors (Lipinski definition) is 6. The number of aromatic nitrogens is 2. The summed E-state index contributed by atoms with van der Waals surface area (Å²) in [5.41, 5.74) is -0.164. The van der Waals surface area contributed by atoms with E-state index in [9.17, 15) is 24.2 Å². The molecule has 0 aliphatic rings. The van der Waals surface area contributed by atoms with Crippen molar-refractivity contribution in [2.45, 2.75) is 32.6 Å². The maximum Gasteiger partial charge on any atom is 0.341 e. The lowest BCUT2D eigenvalue weighted by molar-refractivity contribution is 0.0694. The van der Waals surface area contributed by atoms with Gasteiger partial charge < -0.3 is 24.8 Å². The molecule has 0 saturated heterocycles. The molecule has 3 rings (SSSR count). The van der Waals surface area contributed by atoms with Gasteiger partial charge in [-0.05, 0) is 17.5 Å². The molecule has 2 heterocycles. The van der Waals surface area contributed by atoms with Gasteiger partial charge in [0.2, 0.25) is 11.3 Å². The van der Waals surface area contributed by atoms with Gasteiger partial charge in [-0.1, -0.05) is 44.2 Å². The summed E-state index contributed by atoms with van der Waals surface area (Å²) >= 11 is 0. The van der Waals surface area contributed by atoms with Crippen molar-refractivity contribution < 1.29 is 24.1 Å². The van der Waals surface area contributed by atoms with E-state index in [1.807, 2.05) is 32.0 Å². The summed E-state index contributed by atoms with van der Waals surface area (Å²) in [6.07, 6.45) is -0.251. The standard InChI is InChI=1S/C23H26FN3O5/c1-13(2)18(12-28)27-11-16(23(30)31)20(29)15-10-17(22(32-3)26-21(15)27)25-19(24)9-14-7-5-4-6-8-14/h4-8,10-11,13,18-19,25,28H,9,12H2,1-3H3,(H,30,31). The summed E-state index contributed by atoms with van der Waals surface area (Å²) in [4.78, 5) is 28.9. The van der Waals surface area contributed by atoms with E-state index in [0.717, 1.165) is 5.56 Å². The van der Waals surface area contributed by atoms with Crippen LogP contribution in [-0.2, 0) is 6.42 Å². The van der Waals surface area contributed by atoms with Crippen molar-refractivity contribution in [1.29, 1.82) is 0 Å². The van der Waals surface area contributed by atoms with Gasteiger partial charge in [-0.2, -0.15) is 4.98 Å². The van der Waals surface area contributed by atoms with E-state index in [1.54, 1.807) is 12.1 Å². The first-order valence-corrected chi connectivity index (χ1v) is 10.2. The minimum atomic E-state index is -1.50. The van der Waals surface area contributed by atoms with Crippen LogP contribution < -0.4 is 15.5 Å². The van der Waals surface area contributed by atoms with Gasteiger partial charge in [-0.25, -0.2) is 9.18 Å². The molecule has 2 atom stereocenters. The molecule has 0 aliphatic carbocycles. The molecule has 170 valence electrons. The number of nitrogens with zero attached hydrogens (tertiary/aromatic N) is 2. The normalized spacial score (nSPS) is 13.2. The minimum Gasteiger partial charge on any atom is -0.479 e. The molecule has 0 bridgehead atoms. The molecular formula is C23H26FN3O5. The number of carbonyl (C=O) groups is 1. The van der Waals surface area contributed by atoms with Crippen LogP contribution in [0.4, 0.5) is 10.1 Å². The van der Waals surface area contributed by atoms with Crippen molar-refractivity contribution in [1.82, 2.24) is 9.55 Å².